The van der Waals surface area contributed by atoms with E-state index in [9.17, 15) is 4.79 Å². The Hall–Kier alpha value is -3.74. The average molecular weight is 386 g/mol. The topological polar surface area (TPSA) is 75.4 Å². The summed E-state index contributed by atoms with van der Waals surface area (Å²) in [4.78, 5) is 14.5. The molecule has 1 N–H and O–H groups in total. The zero-order valence-corrected chi connectivity index (χ0v) is 16.6. The standard InChI is InChI=1S/C22H22N6O/c1-15-7-9-16(10-8-15)19-11-12-20-24-25-21(28(20)26-19)14-23-22(29)17-5-4-6-18(13-17)27(2)3/h4-13H,14H2,1-3H3,(H,23,29). The quantitative estimate of drug-likeness (QED) is 0.570. The third kappa shape index (κ3) is 3.94. The van der Waals surface area contributed by atoms with Gasteiger partial charge in [-0.05, 0) is 37.3 Å². The number of nitrogens with one attached hydrogen (secondary N) is 1. The van der Waals surface area contributed by atoms with Crippen LogP contribution in [-0.2, 0) is 6.54 Å². The number of hydrogen-bond donors (Lipinski definition) is 1. The number of carbonyl (C=O) groups is 1. The second-order valence-electron chi connectivity index (χ2n) is 7.10. The van der Waals surface area contributed by atoms with Crippen LogP contribution >= 0.6 is 0 Å². The molecule has 7 heteroatoms. The van der Waals surface area contributed by atoms with Gasteiger partial charge in [0.15, 0.2) is 11.5 Å². The van der Waals surface area contributed by atoms with Gasteiger partial charge in [0, 0.05) is 30.9 Å². The zero-order valence-electron chi connectivity index (χ0n) is 16.6. The molecule has 0 bridgehead atoms. The highest BCUT2D eigenvalue weighted by Gasteiger charge is 2.12. The Morgan fingerprint density at radius 1 is 1.03 bits per heavy atom. The van der Waals surface area contributed by atoms with Gasteiger partial charge < -0.3 is 10.2 Å². The van der Waals surface area contributed by atoms with Crippen LogP contribution in [0.2, 0.25) is 0 Å². The van der Waals surface area contributed by atoms with E-state index >= 15 is 0 Å². The maximum absolute atomic E-state index is 12.6. The summed E-state index contributed by atoms with van der Waals surface area (Å²) in [5, 5.41) is 15.9. The number of rotatable bonds is 5. The van der Waals surface area contributed by atoms with Crippen molar-refractivity contribution in [1.29, 1.82) is 0 Å². The van der Waals surface area contributed by atoms with Gasteiger partial charge in [-0.2, -0.15) is 9.61 Å². The number of amides is 1. The highest BCUT2D eigenvalue weighted by Crippen LogP contribution is 2.18. The number of carbonyl (C=O) groups excluding carboxylic acids is 1. The van der Waals surface area contributed by atoms with Crippen LogP contribution in [0.5, 0.6) is 0 Å². The number of anilines is 1. The third-order valence-electron chi connectivity index (χ3n) is 4.71. The molecule has 1 amide bonds. The van der Waals surface area contributed by atoms with Gasteiger partial charge in [0.1, 0.15) is 0 Å². The van der Waals surface area contributed by atoms with Crippen molar-refractivity contribution in [3.8, 4) is 11.3 Å². The van der Waals surface area contributed by atoms with Gasteiger partial charge in [0.25, 0.3) is 5.91 Å². The summed E-state index contributed by atoms with van der Waals surface area (Å²) in [5.41, 5.74) is 5.24. The van der Waals surface area contributed by atoms with Crippen LogP contribution < -0.4 is 10.2 Å². The summed E-state index contributed by atoms with van der Waals surface area (Å²) in [7, 11) is 3.88. The van der Waals surface area contributed by atoms with Crippen molar-refractivity contribution in [3.63, 3.8) is 0 Å². The lowest BCUT2D eigenvalue weighted by molar-refractivity contribution is 0.0949. The van der Waals surface area contributed by atoms with E-state index in [0.717, 1.165) is 16.9 Å². The minimum Gasteiger partial charge on any atom is -0.378 e. The first-order chi connectivity index (χ1) is 14.0. The van der Waals surface area contributed by atoms with Gasteiger partial charge in [-0.15, -0.1) is 10.2 Å². The van der Waals surface area contributed by atoms with E-state index in [4.69, 9.17) is 0 Å². The molecule has 146 valence electrons. The molecule has 2 aromatic carbocycles. The van der Waals surface area contributed by atoms with Crippen molar-refractivity contribution in [2.75, 3.05) is 19.0 Å². The molecule has 0 atom stereocenters. The van der Waals surface area contributed by atoms with E-state index in [2.05, 4.69) is 39.7 Å². The van der Waals surface area contributed by atoms with E-state index in [1.54, 1.807) is 10.6 Å². The van der Waals surface area contributed by atoms with Crippen LogP contribution in [0.3, 0.4) is 0 Å². The van der Waals surface area contributed by atoms with Crippen LogP contribution in [0.25, 0.3) is 16.9 Å². The second-order valence-corrected chi connectivity index (χ2v) is 7.10. The maximum Gasteiger partial charge on any atom is 0.251 e. The molecular weight excluding hydrogens is 364 g/mol. The Balaban J connectivity index is 1.55. The van der Waals surface area contributed by atoms with Crippen molar-refractivity contribution in [3.05, 3.63) is 77.6 Å². The first-order valence-electron chi connectivity index (χ1n) is 9.35. The molecule has 0 aliphatic rings. The van der Waals surface area contributed by atoms with Crippen molar-refractivity contribution in [2.45, 2.75) is 13.5 Å². The summed E-state index contributed by atoms with van der Waals surface area (Å²) in [6.45, 7) is 2.28. The SMILES string of the molecule is Cc1ccc(-c2ccc3nnc(CNC(=O)c4cccc(N(C)C)c4)n3n2)cc1. The smallest absolute Gasteiger partial charge is 0.251 e. The van der Waals surface area contributed by atoms with E-state index in [0.29, 0.717) is 17.0 Å². The van der Waals surface area contributed by atoms with Crippen LogP contribution in [0, 0.1) is 6.92 Å². The number of hydrogen-bond acceptors (Lipinski definition) is 5. The summed E-state index contributed by atoms with van der Waals surface area (Å²) in [6, 6.07) is 19.4. The number of aromatic nitrogens is 4. The average Bonchev–Trinajstić information content (AvgIpc) is 3.15. The first kappa shape index (κ1) is 18.6. The number of nitrogens with zero attached hydrogens (tertiary/aromatic N) is 5. The van der Waals surface area contributed by atoms with Gasteiger partial charge in [0.2, 0.25) is 0 Å². The Morgan fingerprint density at radius 3 is 2.59 bits per heavy atom. The van der Waals surface area contributed by atoms with E-state index in [1.807, 2.05) is 61.5 Å². The molecule has 0 saturated heterocycles. The fourth-order valence-corrected chi connectivity index (χ4v) is 3.01. The van der Waals surface area contributed by atoms with Crippen molar-refractivity contribution in [1.82, 2.24) is 25.1 Å². The molecule has 0 aliphatic heterocycles. The Kier molecular flexibility index (Phi) is 4.95. The molecule has 7 nitrogen and oxygen atoms in total. The molecule has 0 unspecified atom stereocenters. The zero-order chi connectivity index (χ0) is 20.4. The highest BCUT2D eigenvalue weighted by molar-refractivity contribution is 5.95. The lowest BCUT2D eigenvalue weighted by Crippen LogP contribution is -2.24. The third-order valence-corrected chi connectivity index (χ3v) is 4.71. The molecule has 0 spiro atoms. The monoisotopic (exact) mass is 386 g/mol. The summed E-state index contributed by atoms with van der Waals surface area (Å²) >= 11 is 0. The molecule has 0 aliphatic carbocycles. The molecular formula is C22H22N6O. The first-order valence-corrected chi connectivity index (χ1v) is 9.35. The molecule has 2 heterocycles. The highest BCUT2D eigenvalue weighted by atomic mass is 16.1. The molecule has 4 aromatic rings. The summed E-state index contributed by atoms with van der Waals surface area (Å²) in [5.74, 6) is 0.409. The number of fused-ring (bicyclic) bond motifs is 1. The van der Waals surface area contributed by atoms with E-state index < -0.39 is 0 Å². The van der Waals surface area contributed by atoms with Crippen molar-refractivity contribution in [2.24, 2.45) is 0 Å². The Labute approximate surface area is 169 Å². The minimum atomic E-state index is -0.167. The summed E-state index contributed by atoms with van der Waals surface area (Å²) in [6.07, 6.45) is 0. The molecule has 0 fully saturated rings. The van der Waals surface area contributed by atoms with Gasteiger partial charge >= 0.3 is 0 Å². The number of aryl methyl sites for hydroxylation is 1. The molecule has 0 saturated carbocycles. The van der Waals surface area contributed by atoms with Gasteiger partial charge in [-0.25, -0.2) is 0 Å². The maximum atomic E-state index is 12.6. The van der Waals surface area contributed by atoms with Crippen molar-refractivity contribution < 1.29 is 4.79 Å². The molecule has 4 rings (SSSR count). The fourth-order valence-electron chi connectivity index (χ4n) is 3.01. The van der Waals surface area contributed by atoms with Crippen LogP contribution in [0.15, 0.2) is 60.7 Å². The van der Waals surface area contributed by atoms with Crippen LogP contribution in [-0.4, -0.2) is 39.8 Å². The van der Waals surface area contributed by atoms with Crippen LogP contribution in [0.4, 0.5) is 5.69 Å². The second kappa shape index (κ2) is 7.71. The largest absolute Gasteiger partial charge is 0.378 e. The van der Waals surface area contributed by atoms with Gasteiger partial charge in [-0.1, -0.05) is 35.9 Å². The predicted octanol–water partition coefficient (Wildman–Crippen LogP) is 3.10. The van der Waals surface area contributed by atoms with Crippen LogP contribution in [0.1, 0.15) is 21.7 Å². The number of benzene rings is 2. The van der Waals surface area contributed by atoms with Gasteiger partial charge in [0.05, 0.1) is 12.2 Å². The van der Waals surface area contributed by atoms with E-state index in [1.165, 1.54) is 5.56 Å². The van der Waals surface area contributed by atoms with Gasteiger partial charge in [-0.3, -0.25) is 4.79 Å². The lowest BCUT2D eigenvalue weighted by atomic mass is 10.1. The summed E-state index contributed by atoms with van der Waals surface area (Å²) < 4.78 is 1.67. The lowest BCUT2D eigenvalue weighted by Gasteiger charge is -2.13. The molecule has 2 aromatic heterocycles. The normalized spacial score (nSPS) is 10.9. The Morgan fingerprint density at radius 2 is 1.83 bits per heavy atom. The van der Waals surface area contributed by atoms with Crippen molar-refractivity contribution >= 4 is 17.2 Å². The predicted molar refractivity (Wildman–Crippen MR) is 113 cm³/mol. The molecule has 0 radical (unpaired) electrons. The fraction of sp³-hybridized carbons (Fsp3) is 0.182. The minimum absolute atomic E-state index is 0.167. The molecule has 29 heavy (non-hydrogen) atoms. The van der Waals surface area contributed by atoms with E-state index in [-0.39, 0.29) is 12.5 Å². The Bertz CT molecular complexity index is 1160.